The van der Waals surface area contributed by atoms with Gasteiger partial charge >= 0.3 is 11.8 Å². The summed E-state index contributed by atoms with van der Waals surface area (Å²) in [7, 11) is 1.65. The molecule has 0 aromatic heterocycles. The van der Waals surface area contributed by atoms with Crippen LogP contribution in [0.2, 0.25) is 0 Å². The number of hydrogen-bond acceptors (Lipinski definition) is 3. The molecule has 5 heteroatoms. The Kier molecular flexibility index (Phi) is 5.46. The van der Waals surface area contributed by atoms with Gasteiger partial charge in [0.1, 0.15) is 0 Å². The summed E-state index contributed by atoms with van der Waals surface area (Å²) in [5.74, 6) is -1.28. The summed E-state index contributed by atoms with van der Waals surface area (Å²) in [5.41, 5.74) is 5.25. The molecule has 2 aromatic carbocycles. The minimum absolute atomic E-state index is 0.309. The van der Waals surface area contributed by atoms with Crippen LogP contribution in [-0.2, 0) is 40.3 Å². The zero-order valence-corrected chi connectivity index (χ0v) is 14.3. The maximum Gasteiger partial charge on any atom is 0.313 e. The number of anilines is 1. The molecule has 0 unspecified atom stereocenters. The smallest absolute Gasteiger partial charge is 0.313 e. The van der Waals surface area contributed by atoms with E-state index in [0.717, 1.165) is 30.4 Å². The normalized spacial score (nSPS) is 12.5. The summed E-state index contributed by atoms with van der Waals surface area (Å²) in [5, 5.41) is 5.31. The zero-order valence-electron chi connectivity index (χ0n) is 14.3. The minimum atomic E-state index is -0.644. The fourth-order valence-corrected chi connectivity index (χ4v) is 3.02. The molecule has 2 N–H and O–H groups in total. The van der Waals surface area contributed by atoms with Crippen molar-refractivity contribution in [1.82, 2.24) is 5.32 Å². The van der Waals surface area contributed by atoms with E-state index in [2.05, 4.69) is 10.6 Å². The van der Waals surface area contributed by atoms with Crippen LogP contribution in [0.25, 0.3) is 0 Å². The molecule has 0 bridgehead atoms. The molecule has 0 radical (unpaired) electrons. The van der Waals surface area contributed by atoms with Gasteiger partial charge in [0.2, 0.25) is 0 Å². The van der Waals surface area contributed by atoms with Crippen LogP contribution in [0, 0.1) is 0 Å². The van der Waals surface area contributed by atoms with Crippen molar-refractivity contribution >= 4 is 17.5 Å². The van der Waals surface area contributed by atoms with Gasteiger partial charge in [0.15, 0.2) is 0 Å². The van der Waals surface area contributed by atoms with E-state index in [1.54, 1.807) is 7.11 Å². The average Bonchev–Trinajstić information content (AvgIpc) is 3.09. The van der Waals surface area contributed by atoms with Crippen molar-refractivity contribution in [3.8, 4) is 0 Å². The molecule has 0 aliphatic heterocycles. The van der Waals surface area contributed by atoms with Crippen LogP contribution in [0.15, 0.2) is 42.5 Å². The van der Waals surface area contributed by atoms with Gasteiger partial charge in [-0.1, -0.05) is 30.3 Å². The number of aryl methyl sites for hydroxylation is 2. The van der Waals surface area contributed by atoms with Crippen LogP contribution in [0.5, 0.6) is 0 Å². The van der Waals surface area contributed by atoms with Gasteiger partial charge in [0.25, 0.3) is 0 Å². The number of carbonyl (C=O) groups is 2. The first-order valence-electron chi connectivity index (χ1n) is 8.43. The van der Waals surface area contributed by atoms with E-state index in [1.807, 2.05) is 42.5 Å². The molecule has 0 saturated heterocycles. The molecule has 0 spiro atoms. The highest BCUT2D eigenvalue weighted by atomic mass is 16.5. The molecule has 1 aliphatic rings. The molecular formula is C20H22N2O3. The third-order valence-corrected chi connectivity index (χ3v) is 4.35. The lowest BCUT2D eigenvalue weighted by atomic mass is 10.1. The number of ether oxygens (including phenoxy) is 1. The molecule has 130 valence electrons. The summed E-state index contributed by atoms with van der Waals surface area (Å²) >= 11 is 0. The van der Waals surface area contributed by atoms with Crippen molar-refractivity contribution < 1.29 is 14.3 Å². The van der Waals surface area contributed by atoms with Crippen molar-refractivity contribution in [3.63, 3.8) is 0 Å². The van der Waals surface area contributed by atoms with E-state index >= 15 is 0 Å². The van der Waals surface area contributed by atoms with Crippen LogP contribution >= 0.6 is 0 Å². The standard InChI is InChI=1S/C20H22N2O3/c1-25-13-15-7-5-14(6-8-15)12-21-19(23)20(24)22-18-10-9-16-3-2-4-17(16)11-18/h5-11H,2-4,12-13H2,1H3,(H,21,23)(H,22,24). The Morgan fingerprint density at radius 2 is 1.68 bits per heavy atom. The Hall–Kier alpha value is -2.66. The number of rotatable bonds is 5. The second kappa shape index (κ2) is 7.94. The third-order valence-electron chi connectivity index (χ3n) is 4.35. The van der Waals surface area contributed by atoms with Crippen LogP contribution < -0.4 is 10.6 Å². The number of carbonyl (C=O) groups excluding carboxylic acids is 2. The zero-order chi connectivity index (χ0) is 17.6. The van der Waals surface area contributed by atoms with Gasteiger partial charge in [-0.2, -0.15) is 0 Å². The number of methoxy groups -OCH3 is 1. The number of hydrogen-bond donors (Lipinski definition) is 2. The molecule has 3 rings (SSSR count). The highest BCUT2D eigenvalue weighted by molar-refractivity contribution is 6.39. The molecule has 2 aromatic rings. The van der Waals surface area contributed by atoms with Crippen molar-refractivity contribution in [2.75, 3.05) is 12.4 Å². The van der Waals surface area contributed by atoms with E-state index < -0.39 is 11.8 Å². The van der Waals surface area contributed by atoms with Gasteiger partial charge in [-0.3, -0.25) is 9.59 Å². The summed E-state index contributed by atoms with van der Waals surface area (Å²) < 4.78 is 5.06. The van der Waals surface area contributed by atoms with Crippen LogP contribution in [0.4, 0.5) is 5.69 Å². The van der Waals surface area contributed by atoms with E-state index in [-0.39, 0.29) is 0 Å². The maximum atomic E-state index is 12.0. The first kappa shape index (κ1) is 17.2. The lowest BCUT2D eigenvalue weighted by molar-refractivity contribution is -0.136. The van der Waals surface area contributed by atoms with E-state index in [9.17, 15) is 9.59 Å². The summed E-state index contributed by atoms with van der Waals surface area (Å²) in [6, 6.07) is 13.5. The SMILES string of the molecule is COCc1ccc(CNC(=O)C(=O)Nc2ccc3c(c2)CCC3)cc1. The Morgan fingerprint density at radius 3 is 2.44 bits per heavy atom. The average molecular weight is 338 g/mol. The van der Waals surface area contributed by atoms with Crippen LogP contribution in [0.1, 0.15) is 28.7 Å². The number of fused-ring (bicyclic) bond motifs is 1. The minimum Gasteiger partial charge on any atom is -0.380 e. The van der Waals surface area contributed by atoms with E-state index in [4.69, 9.17) is 4.74 Å². The Morgan fingerprint density at radius 1 is 0.960 bits per heavy atom. The first-order valence-corrected chi connectivity index (χ1v) is 8.43. The second-order valence-electron chi connectivity index (χ2n) is 6.22. The van der Waals surface area contributed by atoms with Gasteiger partial charge in [-0.25, -0.2) is 0 Å². The van der Waals surface area contributed by atoms with Crippen molar-refractivity contribution in [1.29, 1.82) is 0 Å². The summed E-state index contributed by atoms with van der Waals surface area (Å²) in [6.07, 6.45) is 3.27. The number of amides is 2. The summed E-state index contributed by atoms with van der Waals surface area (Å²) in [6.45, 7) is 0.861. The van der Waals surface area contributed by atoms with Crippen LogP contribution in [-0.4, -0.2) is 18.9 Å². The molecule has 2 amide bonds. The van der Waals surface area contributed by atoms with Crippen LogP contribution in [0.3, 0.4) is 0 Å². The monoisotopic (exact) mass is 338 g/mol. The quantitative estimate of drug-likeness (QED) is 0.824. The van der Waals surface area contributed by atoms with Crippen molar-refractivity contribution in [2.24, 2.45) is 0 Å². The van der Waals surface area contributed by atoms with Crippen molar-refractivity contribution in [3.05, 3.63) is 64.7 Å². The number of nitrogens with one attached hydrogen (secondary N) is 2. The first-order chi connectivity index (χ1) is 12.2. The topological polar surface area (TPSA) is 67.4 Å². The lowest BCUT2D eigenvalue weighted by Gasteiger charge is -2.09. The molecule has 5 nitrogen and oxygen atoms in total. The van der Waals surface area contributed by atoms with Gasteiger partial charge in [0.05, 0.1) is 6.61 Å². The molecule has 0 heterocycles. The Bertz CT molecular complexity index is 769. The van der Waals surface area contributed by atoms with Gasteiger partial charge in [-0.15, -0.1) is 0 Å². The highest BCUT2D eigenvalue weighted by Gasteiger charge is 2.15. The number of benzene rings is 2. The lowest BCUT2D eigenvalue weighted by Crippen LogP contribution is -2.34. The molecular weight excluding hydrogens is 316 g/mol. The molecule has 25 heavy (non-hydrogen) atoms. The maximum absolute atomic E-state index is 12.0. The molecule has 0 fully saturated rings. The Balaban J connectivity index is 1.51. The van der Waals surface area contributed by atoms with Gasteiger partial charge in [-0.05, 0) is 53.6 Å². The van der Waals surface area contributed by atoms with Gasteiger partial charge in [0, 0.05) is 19.3 Å². The summed E-state index contributed by atoms with van der Waals surface area (Å²) in [4.78, 5) is 24.0. The second-order valence-corrected chi connectivity index (χ2v) is 6.22. The van der Waals surface area contributed by atoms with Gasteiger partial charge < -0.3 is 15.4 Å². The van der Waals surface area contributed by atoms with E-state index in [0.29, 0.717) is 18.8 Å². The predicted molar refractivity (Wildman–Crippen MR) is 96.1 cm³/mol. The highest BCUT2D eigenvalue weighted by Crippen LogP contribution is 2.24. The molecule has 0 saturated carbocycles. The fourth-order valence-electron chi connectivity index (χ4n) is 3.02. The largest absolute Gasteiger partial charge is 0.380 e. The van der Waals surface area contributed by atoms with E-state index in [1.165, 1.54) is 11.1 Å². The predicted octanol–water partition coefficient (Wildman–Crippen LogP) is 2.58. The molecule has 1 aliphatic carbocycles. The molecule has 0 atom stereocenters. The fraction of sp³-hybridized carbons (Fsp3) is 0.300. The Labute approximate surface area is 147 Å². The third kappa shape index (κ3) is 4.45. The van der Waals surface area contributed by atoms with Crippen molar-refractivity contribution in [2.45, 2.75) is 32.4 Å².